The number of nitrogens with zero attached hydrogens (tertiary/aromatic N) is 2. The van der Waals surface area contributed by atoms with Gasteiger partial charge in [-0.3, -0.25) is 14.3 Å². The summed E-state index contributed by atoms with van der Waals surface area (Å²) in [4.78, 5) is 22.9. The Morgan fingerprint density at radius 3 is 2.42 bits per heavy atom. The number of carbonyl (C=O) groups excluding carboxylic acids is 2. The van der Waals surface area contributed by atoms with Gasteiger partial charge in [-0.1, -0.05) is 0 Å². The summed E-state index contributed by atoms with van der Waals surface area (Å²) in [7, 11) is 0.769. The summed E-state index contributed by atoms with van der Waals surface area (Å²) in [6.45, 7) is 7.85. The molecule has 0 bridgehead atoms. The Morgan fingerprint density at radius 1 is 1.33 bits per heavy atom. The monoisotopic (exact) mass is 334 g/mol. The Kier molecular flexibility index (Phi) is 4.08. The highest BCUT2D eigenvalue weighted by Crippen LogP contribution is 2.39. The molecule has 0 radical (unpaired) electrons. The third-order valence-electron chi connectivity index (χ3n) is 5.43. The van der Waals surface area contributed by atoms with Crippen molar-refractivity contribution in [3.63, 3.8) is 0 Å². The first kappa shape index (κ1) is 17.2. The normalized spacial score (nSPS) is 27.6. The lowest BCUT2D eigenvalue weighted by molar-refractivity contribution is -0.149. The van der Waals surface area contributed by atoms with Gasteiger partial charge in [0.1, 0.15) is 5.69 Å². The van der Waals surface area contributed by atoms with Crippen molar-refractivity contribution in [2.24, 2.45) is 5.92 Å². The molecule has 1 saturated heterocycles. The fraction of sp³-hybridized carbons (Fsp3) is 0.688. The number of methoxy groups -OCH3 is 1. The van der Waals surface area contributed by atoms with Gasteiger partial charge in [0.2, 0.25) is 0 Å². The standard InChI is InChI=1S/C16H23BN2O5/c1-15(2)16(3,4)24-17(23-15)12-8-19(18-13(12)9-20)11-6-10(7-11)14(21)22-5/h8-11H,6-7H2,1-5H3/t10-,11-. The molecule has 2 aliphatic rings. The second-order valence-corrected chi connectivity index (χ2v) is 7.50. The number of aromatic nitrogens is 2. The third kappa shape index (κ3) is 2.67. The largest absolute Gasteiger partial charge is 0.498 e. The number of hydrogen-bond donors (Lipinski definition) is 0. The number of rotatable bonds is 4. The predicted molar refractivity (Wildman–Crippen MR) is 87.1 cm³/mol. The molecule has 2 heterocycles. The lowest BCUT2D eigenvalue weighted by Gasteiger charge is -2.33. The SMILES string of the molecule is COC(=O)[C@H]1C[C@H](n2cc(B3OC(C)(C)C(C)(C)O3)c(C=O)n2)C1. The van der Waals surface area contributed by atoms with E-state index in [2.05, 4.69) is 5.10 Å². The first-order chi connectivity index (χ1) is 11.2. The van der Waals surface area contributed by atoms with Crippen LogP contribution in [0.3, 0.4) is 0 Å². The van der Waals surface area contributed by atoms with E-state index in [9.17, 15) is 9.59 Å². The van der Waals surface area contributed by atoms with E-state index in [4.69, 9.17) is 14.0 Å². The van der Waals surface area contributed by atoms with Crippen LogP contribution in [0.4, 0.5) is 0 Å². The van der Waals surface area contributed by atoms with Crippen molar-refractivity contribution < 1.29 is 23.6 Å². The Labute approximate surface area is 141 Å². The lowest BCUT2D eigenvalue weighted by atomic mass is 9.78. The topological polar surface area (TPSA) is 79.6 Å². The van der Waals surface area contributed by atoms with Gasteiger partial charge in [0.05, 0.1) is 30.3 Å². The molecule has 8 heteroatoms. The van der Waals surface area contributed by atoms with E-state index in [1.807, 2.05) is 27.7 Å². The molecule has 3 rings (SSSR count). The molecule has 24 heavy (non-hydrogen) atoms. The average molecular weight is 334 g/mol. The van der Waals surface area contributed by atoms with Gasteiger partial charge in [0.25, 0.3) is 0 Å². The summed E-state index contributed by atoms with van der Waals surface area (Å²) >= 11 is 0. The smallest absolute Gasteiger partial charge is 0.469 e. The number of ether oxygens (including phenoxy) is 1. The number of hydrogen-bond acceptors (Lipinski definition) is 6. The second kappa shape index (κ2) is 5.70. The van der Waals surface area contributed by atoms with E-state index in [1.54, 1.807) is 10.9 Å². The number of carbonyl (C=O) groups is 2. The van der Waals surface area contributed by atoms with Crippen molar-refractivity contribution in [3.8, 4) is 0 Å². The van der Waals surface area contributed by atoms with Gasteiger partial charge in [0, 0.05) is 11.7 Å². The van der Waals surface area contributed by atoms with Crippen LogP contribution >= 0.6 is 0 Å². The highest BCUT2D eigenvalue weighted by atomic mass is 16.7. The summed E-state index contributed by atoms with van der Waals surface area (Å²) in [5.41, 5.74) is -0.0150. The minimum absolute atomic E-state index is 0.0870. The molecular formula is C16H23BN2O5. The maximum absolute atomic E-state index is 11.5. The van der Waals surface area contributed by atoms with E-state index in [-0.39, 0.29) is 17.9 Å². The van der Waals surface area contributed by atoms with E-state index in [0.29, 0.717) is 30.3 Å². The average Bonchev–Trinajstić information content (AvgIpc) is 2.96. The fourth-order valence-corrected chi connectivity index (χ4v) is 3.01. The summed E-state index contributed by atoms with van der Waals surface area (Å²) in [5.74, 6) is -0.288. The van der Waals surface area contributed by atoms with E-state index in [1.165, 1.54) is 7.11 Å². The predicted octanol–water partition coefficient (Wildman–Crippen LogP) is 1.12. The Balaban J connectivity index is 1.78. The van der Waals surface area contributed by atoms with Crippen molar-refractivity contribution in [2.75, 3.05) is 7.11 Å². The molecule has 1 aliphatic heterocycles. The first-order valence-corrected chi connectivity index (χ1v) is 8.16. The Bertz CT molecular complexity index is 647. The molecule has 0 N–H and O–H groups in total. The minimum Gasteiger partial charge on any atom is -0.469 e. The van der Waals surface area contributed by atoms with Crippen LogP contribution in [0.15, 0.2) is 6.20 Å². The van der Waals surface area contributed by atoms with Crippen LogP contribution in [0.5, 0.6) is 0 Å². The first-order valence-electron chi connectivity index (χ1n) is 8.16. The van der Waals surface area contributed by atoms with Crippen molar-refractivity contribution in [3.05, 3.63) is 11.9 Å². The molecule has 1 saturated carbocycles. The Hall–Kier alpha value is -1.67. The zero-order chi connectivity index (χ0) is 17.7. The molecule has 130 valence electrons. The third-order valence-corrected chi connectivity index (χ3v) is 5.43. The van der Waals surface area contributed by atoms with Crippen LogP contribution in [-0.2, 0) is 18.8 Å². The summed E-state index contributed by atoms with van der Waals surface area (Å²) in [5, 5.41) is 4.35. The Morgan fingerprint density at radius 2 is 1.92 bits per heavy atom. The van der Waals surface area contributed by atoms with Crippen molar-refractivity contribution in [1.29, 1.82) is 0 Å². The van der Waals surface area contributed by atoms with Crippen LogP contribution in [0, 0.1) is 5.92 Å². The van der Waals surface area contributed by atoms with Crippen molar-refractivity contribution in [2.45, 2.75) is 57.8 Å². The summed E-state index contributed by atoms with van der Waals surface area (Å²) in [6, 6.07) is 0.0870. The van der Waals surface area contributed by atoms with Crippen molar-refractivity contribution >= 4 is 24.8 Å². The molecule has 1 aromatic heterocycles. The molecule has 0 atom stereocenters. The van der Waals surface area contributed by atoms with Gasteiger partial charge in [-0.25, -0.2) is 0 Å². The molecule has 1 aromatic rings. The van der Waals surface area contributed by atoms with E-state index >= 15 is 0 Å². The van der Waals surface area contributed by atoms with E-state index < -0.39 is 18.3 Å². The highest BCUT2D eigenvalue weighted by molar-refractivity contribution is 6.63. The molecule has 0 unspecified atom stereocenters. The van der Waals surface area contributed by atoms with Gasteiger partial charge in [-0.15, -0.1) is 0 Å². The van der Waals surface area contributed by atoms with Crippen LogP contribution < -0.4 is 5.46 Å². The molecule has 0 amide bonds. The van der Waals surface area contributed by atoms with E-state index in [0.717, 1.165) is 0 Å². The zero-order valence-electron chi connectivity index (χ0n) is 14.7. The van der Waals surface area contributed by atoms with Crippen LogP contribution in [0.2, 0.25) is 0 Å². The minimum atomic E-state index is -0.625. The van der Waals surface area contributed by atoms with Gasteiger partial charge < -0.3 is 14.0 Å². The molecule has 1 aliphatic carbocycles. The highest BCUT2D eigenvalue weighted by Gasteiger charge is 2.53. The summed E-state index contributed by atoms with van der Waals surface area (Å²) in [6.07, 6.45) is 3.84. The van der Waals surface area contributed by atoms with Gasteiger partial charge in [0.15, 0.2) is 6.29 Å². The van der Waals surface area contributed by atoms with Gasteiger partial charge >= 0.3 is 13.1 Å². The van der Waals surface area contributed by atoms with Gasteiger partial charge in [-0.2, -0.15) is 5.10 Å². The van der Waals surface area contributed by atoms with Crippen LogP contribution in [0.25, 0.3) is 0 Å². The maximum Gasteiger partial charge on any atom is 0.498 e. The van der Waals surface area contributed by atoms with Crippen molar-refractivity contribution in [1.82, 2.24) is 9.78 Å². The number of aldehydes is 1. The second-order valence-electron chi connectivity index (χ2n) is 7.50. The quantitative estimate of drug-likeness (QED) is 0.466. The number of esters is 1. The maximum atomic E-state index is 11.5. The van der Waals surface area contributed by atoms with Gasteiger partial charge in [-0.05, 0) is 40.5 Å². The fourth-order valence-electron chi connectivity index (χ4n) is 3.01. The van der Waals surface area contributed by atoms with Crippen LogP contribution in [-0.4, -0.2) is 47.5 Å². The zero-order valence-corrected chi connectivity index (χ0v) is 14.7. The lowest BCUT2D eigenvalue weighted by Crippen LogP contribution is -2.41. The molecule has 0 spiro atoms. The molecular weight excluding hydrogens is 311 g/mol. The van der Waals surface area contributed by atoms with Crippen LogP contribution in [0.1, 0.15) is 57.1 Å². The molecule has 0 aromatic carbocycles. The molecule has 2 fully saturated rings. The summed E-state index contributed by atoms with van der Waals surface area (Å²) < 4.78 is 18.5. The molecule has 7 nitrogen and oxygen atoms in total.